The van der Waals surface area contributed by atoms with Crippen LogP contribution in [0.5, 0.6) is 0 Å². The average molecular weight is 426 g/mol. The minimum atomic E-state index is -3.86. The molecule has 0 amide bonds. The van der Waals surface area contributed by atoms with E-state index >= 15 is 0 Å². The molecule has 0 aromatic heterocycles. The molecule has 2 aromatic rings. The number of aryl methyl sites for hydroxylation is 1. The van der Waals surface area contributed by atoms with Crippen LogP contribution in [0.4, 0.5) is 0 Å². The van der Waals surface area contributed by atoms with Gasteiger partial charge < -0.3 is 4.74 Å². The highest BCUT2D eigenvalue weighted by molar-refractivity contribution is 7.89. The van der Waals surface area contributed by atoms with Crippen LogP contribution in [0, 0.1) is 12.3 Å². The molecule has 30 heavy (non-hydrogen) atoms. The van der Waals surface area contributed by atoms with Gasteiger partial charge in [-0.1, -0.05) is 48.4 Å². The van der Waals surface area contributed by atoms with Crippen molar-refractivity contribution < 1.29 is 17.9 Å². The number of Topliss-reactive ketones (excluding diaryl/α,β-unsaturated/α-hetero) is 1. The number of sulfonamides is 1. The second kappa shape index (κ2) is 7.01. The Bertz CT molecular complexity index is 1090. The van der Waals surface area contributed by atoms with Crippen molar-refractivity contribution in [3.8, 4) is 0 Å². The first-order valence-electron chi connectivity index (χ1n) is 10.7. The number of hydrogen-bond acceptors (Lipinski definition) is 4. The third kappa shape index (κ3) is 2.88. The monoisotopic (exact) mass is 425 g/mol. The third-order valence-electron chi connectivity index (χ3n) is 7.08. The highest BCUT2D eigenvalue weighted by atomic mass is 32.2. The Morgan fingerprint density at radius 3 is 2.53 bits per heavy atom. The van der Waals surface area contributed by atoms with E-state index in [4.69, 9.17) is 4.74 Å². The van der Waals surface area contributed by atoms with Crippen LogP contribution in [-0.4, -0.2) is 30.8 Å². The number of hydrogen-bond donors (Lipinski definition) is 0. The zero-order chi connectivity index (χ0) is 21.1. The molecule has 6 heteroatoms. The first-order chi connectivity index (χ1) is 14.3. The zero-order valence-corrected chi connectivity index (χ0v) is 18.2. The largest absolute Gasteiger partial charge is 0.355 e. The van der Waals surface area contributed by atoms with Crippen LogP contribution in [0.3, 0.4) is 0 Å². The number of nitrogens with zero attached hydrogens (tertiary/aromatic N) is 1. The quantitative estimate of drug-likeness (QED) is 0.741. The maximum atomic E-state index is 13.9. The number of ketones is 1. The summed E-state index contributed by atoms with van der Waals surface area (Å²) in [6, 6.07) is 14.5. The number of carbonyl (C=O) groups is 1. The molecule has 158 valence electrons. The molecule has 0 unspecified atom stereocenters. The number of ether oxygens (including phenoxy) is 1. The minimum absolute atomic E-state index is 0.108. The molecule has 1 aliphatic heterocycles. The predicted octanol–water partition coefficient (Wildman–Crippen LogP) is 4.16. The van der Waals surface area contributed by atoms with Crippen molar-refractivity contribution in [1.29, 1.82) is 0 Å². The van der Waals surface area contributed by atoms with Gasteiger partial charge in [-0.3, -0.25) is 4.79 Å². The van der Waals surface area contributed by atoms with Crippen LogP contribution in [-0.2, 0) is 26.0 Å². The van der Waals surface area contributed by atoms with Gasteiger partial charge in [-0.25, -0.2) is 8.42 Å². The van der Waals surface area contributed by atoms with E-state index in [1.807, 2.05) is 50.2 Å². The molecule has 4 atom stereocenters. The van der Waals surface area contributed by atoms with E-state index in [0.717, 1.165) is 29.5 Å². The van der Waals surface area contributed by atoms with Crippen molar-refractivity contribution in [3.63, 3.8) is 0 Å². The summed E-state index contributed by atoms with van der Waals surface area (Å²) in [6.45, 7) is 3.83. The normalized spacial score (nSPS) is 31.5. The molecule has 0 spiro atoms. The molecule has 0 N–H and O–H groups in total. The Hall–Kier alpha value is -2.02. The van der Waals surface area contributed by atoms with Crippen molar-refractivity contribution in [3.05, 3.63) is 65.2 Å². The van der Waals surface area contributed by atoms with Gasteiger partial charge in [0.2, 0.25) is 10.0 Å². The molecule has 0 radical (unpaired) electrons. The summed E-state index contributed by atoms with van der Waals surface area (Å²) in [5.74, 6) is 0.108. The third-order valence-corrected chi connectivity index (χ3v) is 8.93. The average Bonchev–Trinajstić information content (AvgIpc) is 3.27. The molecule has 1 saturated carbocycles. The maximum Gasteiger partial charge on any atom is 0.245 e. The first-order valence-corrected chi connectivity index (χ1v) is 12.1. The Kier molecular flexibility index (Phi) is 4.65. The van der Waals surface area contributed by atoms with Crippen LogP contribution in [0.2, 0.25) is 0 Å². The molecule has 5 rings (SSSR count). The molecule has 3 aliphatic rings. The van der Waals surface area contributed by atoms with Gasteiger partial charge in [0.1, 0.15) is 12.0 Å². The van der Waals surface area contributed by atoms with Gasteiger partial charge in [-0.05, 0) is 49.9 Å². The van der Waals surface area contributed by atoms with Gasteiger partial charge in [0.15, 0.2) is 0 Å². The van der Waals surface area contributed by atoms with E-state index < -0.39 is 27.7 Å². The summed E-state index contributed by atoms with van der Waals surface area (Å²) < 4.78 is 35.8. The van der Waals surface area contributed by atoms with Gasteiger partial charge in [-0.2, -0.15) is 4.31 Å². The minimum Gasteiger partial charge on any atom is -0.355 e. The predicted molar refractivity (Wildman–Crippen MR) is 113 cm³/mol. The summed E-state index contributed by atoms with van der Waals surface area (Å²) in [6.07, 6.45) is 2.53. The van der Waals surface area contributed by atoms with E-state index in [9.17, 15) is 13.2 Å². The Morgan fingerprint density at radius 2 is 1.80 bits per heavy atom. The molecular formula is C24H27NO4S. The van der Waals surface area contributed by atoms with E-state index in [0.29, 0.717) is 19.3 Å². The Balaban J connectivity index is 1.65. The van der Waals surface area contributed by atoms with Gasteiger partial charge in [0.25, 0.3) is 0 Å². The van der Waals surface area contributed by atoms with Crippen molar-refractivity contribution in [2.75, 3.05) is 0 Å². The first kappa shape index (κ1) is 19.9. The van der Waals surface area contributed by atoms with E-state index in [1.165, 1.54) is 4.31 Å². The van der Waals surface area contributed by atoms with E-state index in [1.54, 1.807) is 12.1 Å². The summed E-state index contributed by atoms with van der Waals surface area (Å²) in [7, 11) is -3.86. The van der Waals surface area contributed by atoms with Crippen molar-refractivity contribution in [2.24, 2.45) is 5.41 Å². The summed E-state index contributed by atoms with van der Waals surface area (Å²) in [5.41, 5.74) is 2.29. The lowest BCUT2D eigenvalue weighted by Gasteiger charge is -2.41. The van der Waals surface area contributed by atoms with Crippen LogP contribution in [0.1, 0.15) is 55.3 Å². The Labute approximate surface area is 178 Å². The zero-order valence-electron chi connectivity index (χ0n) is 17.4. The molecule has 2 fully saturated rings. The number of benzene rings is 2. The van der Waals surface area contributed by atoms with Crippen molar-refractivity contribution in [2.45, 2.75) is 69.2 Å². The van der Waals surface area contributed by atoms with Crippen LogP contribution in [0.15, 0.2) is 53.4 Å². The Morgan fingerprint density at radius 1 is 1.07 bits per heavy atom. The fraction of sp³-hybridized carbons (Fsp3) is 0.458. The summed E-state index contributed by atoms with van der Waals surface area (Å²) >= 11 is 0. The van der Waals surface area contributed by atoms with Gasteiger partial charge >= 0.3 is 0 Å². The van der Waals surface area contributed by atoms with Crippen molar-refractivity contribution in [1.82, 2.24) is 4.31 Å². The highest BCUT2D eigenvalue weighted by Crippen LogP contribution is 2.53. The molecule has 5 nitrogen and oxygen atoms in total. The number of fused-ring (bicyclic) bond motifs is 3. The van der Waals surface area contributed by atoms with Crippen LogP contribution >= 0.6 is 0 Å². The standard InChI is InChI=1S/C24H27NO4S/c1-16-10-12-18(13-11-16)30(27,28)25-22-19-8-4-3-7-17(19)15-20(22)29-23(25)24(2)14-6-5-9-21(24)26/h3-4,7-8,10-13,20,22-23H,5-6,9,14-15H2,1-2H3/t20-,22+,23-,24-/m0/s1. The van der Waals surface area contributed by atoms with E-state index in [-0.39, 0.29) is 16.8 Å². The molecule has 1 heterocycles. The van der Waals surface area contributed by atoms with E-state index in [2.05, 4.69) is 0 Å². The molecule has 2 aliphatic carbocycles. The SMILES string of the molecule is Cc1ccc(S(=O)(=O)N2[C@@H]3c4ccccc4C[C@@H]3O[C@H]2[C@@]2(C)CCCCC2=O)cc1. The molecule has 2 aromatic carbocycles. The lowest BCUT2D eigenvalue weighted by molar-refractivity contribution is -0.145. The lowest BCUT2D eigenvalue weighted by atomic mass is 9.73. The fourth-order valence-electron chi connectivity index (χ4n) is 5.33. The second-order valence-corrected chi connectivity index (χ2v) is 10.9. The maximum absolute atomic E-state index is 13.9. The second-order valence-electron chi connectivity index (χ2n) is 9.07. The van der Waals surface area contributed by atoms with Gasteiger partial charge in [-0.15, -0.1) is 0 Å². The topological polar surface area (TPSA) is 63.7 Å². The van der Waals surface area contributed by atoms with Crippen LogP contribution < -0.4 is 0 Å². The summed E-state index contributed by atoms with van der Waals surface area (Å²) in [5, 5.41) is 0. The number of rotatable bonds is 3. The van der Waals surface area contributed by atoms with Gasteiger partial charge in [0.05, 0.1) is 22.5 Å². The summed E-state index contributed by atoms with van der Waals surface area (Å²) in [4.78, 5) is 13.3. The smallest absolute Gasteiger partial charge is 0.245 e. The fourth-order valence-corrected chi connectivity index (χ4v) is 7.14. The van der Waals surface area contributed by atoms with Crippen molar-refractivity contribution >= 4 is 15.8 Å². The lowest BCUT2D eigenvalue weighted by Crippen LogP contribution is -2.51. The molecule has 1 saturated heterocycles. The molecular weight excluding hydrogens is 398 g/mol. The van der Waals surface area contributed by atoms with Crippen LogP contribution in [0.25, 0.3) is 0 Å². The van der Waals surface area contributed by atoms with Gasteiger partial charge in [0, 0.05) is 12.8 Å². The number of carbonyl (C=O) groups excluding carboxylic acids is 1. The molecule has 0 bridgehead atoms. The highest BCUT2D eigenvalue weighted by Gasteiger charge is 2.60.